The molecule has 0 bridgehead atoms. The van der Waals surface area contributed by atoms with E-state index in [1.165, 1.54) is 18.6 Å². The third kappa shape index (κ3) is 4.74. The van der Waals surface area contributed by atoms with Crippen LogP contribution < -0.4 is 4.72 Å². The Morgan fingerprint density at radius 3 is 2.43 bits per heavy atom. The lowest BCUT2D eigenvalue weighted by atomic mass is 9.90. The van der Waals surface area contributed by atoms with Crippen LogP contribution in [0.1, 0.15) is 37.7 Å². The van der Waals surface area contributed by atoms with Crippen LogP contribution >= 0.6 is 0 Å². The van der Waals surface area contributed by atoms with Gasteiger partial charge < -0.3 is 4.74 Å². The standard InChI is InChI=1S/C15H21NO4S/c1-12-7-9-14(10-8-12)21(18,19)16-15(17)20-11-13-5-3-2-4-6-13/h7-10,13H,2-6,11H2,1H3,(H,16,17). The number of sulfonamides is 1. The second-order valence-electron chi connectivity index (χ2n) is 5.52. The van der Waals surface area contributed by atoms with Gasteiger partial charge in [0.2, 0.25) is 0 Å². The zero-order valence-electron chi connectivity index (χ0n) is 12.2. The third-order valence-electron chi connectivity index (χ3n) is 3.72. The van der Waals surface area contributed by atoms with Crippen LogP contribution in [-0.4, -0.2) is 21.1 Å². The second-order valence-corrected chi connectivity index (χ2v) is 7.20. The highest BCUT2D eigenvalue weighted by Crippen LogP contribution is 2.23. The average molecular weight is 311 g/mol. The monoisotopic (exact) mass is 311 g/mol. The van der Waals surface area contributed by atoms with E-state index in [2.05, 4.69) is 0 Å². The number of benzene rings is 1. The highest BCUT2D eigenvalue weighted by molar-refractivity contribution is 7.90. The minimum atomic E-state index is -3.85. The Kier molecular flexibility index (Phi) is 5.22. The first-order valence-corrected chi connectivity index (χ1v) is 8.72. The first-order valence-electron chi connectivity index (χ1n) is 7.23. The van der Waals surface area contributed by atoms with E-state index >= 15 is 0 Å². The number of aryl methyl sites for hydroxylation is 1. The van der Waals surface area contributed by atoms with Gasteiger partial charge in [-0.05, 0) is 37.8 Å². The molecule has 0 radical (unpaired) electrons. The van der Waals surface area contributed by atoms with Gasteiger partial charge in [-0.3, -0.25) is 0 Å². The topological polar surface area (TPSA) is 72.5 Å². The average Bonchev–Trinajstić information content (AvgIpc) is 2.46. The normalized spacial score (nSPS) is 16.4. The van der Waals surface area contributed by atoms with Crippen molar-refractivity contribution in [3.63, 3.8) is 0 Å². The van der Waals surface area contributed by atoms with E-state index in [1.54, 1.807) is 12.1 Å². The maximum Gasteiger partial charge on any atom is 0.421 e. The zero-order chi connectivity index (χ0) is 15.3. The molecular weight excluding hydrogens is 290 g/mol. The molecule has 1 fully saturated rings. The van der Waals surface area contributed by atoms with Crippen molar-refractivity contribution < 1.29 is 17.9 Å². The van der Waals surface area contributed by atoms with E-state index in [4.69, 9.17) is 4.74 Å². The minimum absolute atomic E-state index is 0.0581. The van der Waals surface area contributed by atoms with Gasteiger partial charge in [0, 0.05) is 0 Å². The smallest absolute Gasteiger partial charge is 0.421 e. The molecule has 0 aliphatic heterocycles. The zero-order valence-corrected chi connectivity index (χ0v) is 13.0. The van der Waals surface area contributed by atoms with Crippen molar-refractivity contribution in [1.82, 2.24) is 4.72 Å². The van der Waals surface area contributed by atoms with Crippen molar-refractivity contribution >= 4 is 16.1 Å². The molecule has 0 heterocycles. The van der Waals surface area contributed by atoms with Gasteiger partial charge in [-0.2, -0.15) is 0 Å². The lowest BCUT2D eigenvalue weighted by molar-refractivity contribution is 0.121. The lowest BCUT2D eigenvalue weighted by Gasteiger charge is -2.21. The van der Waals surface area contributed by atoms with Crippen LogP contribution in [0.3, 0.4) is 0 Å². The number of carbonyl (C=O) groups is 1. The molecule has 1 saturated carbocycles. The van der Waals surface area contributed by atoms with E-state index in [1.807, 2.05) is 11.6 Å². The summed E-state index contributed by atoms with van der Waals surface area (Å²) in [6, 6.07) is 6.29. The fraction of sp³-hybridized carbons (Fsp3) is 0.533. The van der Waals surface area contributed by atoms with Crippen LogP contribution in [0.2, 0.25) is 0 Å². The predicted octanol–water partition coefficient (Wildman–Crippen LogP) is 2.99. The molecule has 0 unspecified atom stereocenters. The van der Waals surface area contributed by atoms with Crippen LogP contribution in [0.4, 0.5) is 4.79 Å². The molecule has 0 saturated heterocycles. The molecular formula is C15H21NO4S. The fourth-order valence-electron chi connectivity index (χ4n) is 2.46. The van der Waals surface area contributed by atoms with Crippen LogP contribution in [0.5, 0.6) is 0 Å². The Labute approximate surface area is 125 Å². The molecule has 5 nitrogen and oxygen atoms in total. The predicted molar refractivity (Wildman–Crippen MR) is 79.4 cm³/mol. The van der Waals surface area contributed by atoms with Crippen LogP contribution in [-0.2, 0) is 14.8 Å². The highest BCUT2D eigenvalue weighted by atomic mass is 32.2. The van der Waals surface area contributed by atoms with E-state index in [-0.39, 0.29) is 11.5 Å². The van der Waals surface area contributed by atoms with E-state index < -0.39 is 16.1 Å². The van der Waals surface area contributed by atoms with Crippen LogP contribution in [0.25, 0.3) is 0 Å². The van der Waals surface area contributed by atoms with Crippen molar-refractivity contribution in [2.24, 2.45) is 5.92 Å². The maximum absolute atomic E-state index is 12.0. The van der Waals surface area contributed by atoms with Crippen molar-refractivity contribution in [2.75, 3.05) is 6.61 Å². The van der Waals surface area contributed by atoms with E-state index in [0.29, 0.717) is 5.92 Å². The number of nitrogens with one attached hydrogen (secondary N) is 1. The molecule has 6 heteroatoms. The molecule has 0 spiro atoms. The molecule has 1 amide bonds. The molecule has 1 aliphatic carbocycles. The molecule has 1 aromatic carbocycles. The summed E-state index contributed by atoms with van der Waals surface area (Å²) in [5, 5.41) is 0. The maximum atomic E-state index is 12.0. The summed E-state index contributed by atoms with van der Waals surface area (Å²) < 4.78 is 31.0. The Hall–Kier alpha value is -1.56. The summed E-state index contributed by atoms with van der Waals surface area (Å²) in [6.45, 7) is 2.15. The summed E-state index contributed by atoms with van der Waals surface area (Å²) in [4.78, 5) is 11.7. The van der Waals surface area contributed by atoms with Gasteiger partial charge in [0.05, 0.1) is 11.5 Å². The summed E-state index contributed by atoms with van der Waals surface area (Å²) in [7, 11) is -3.85. The third-order valence-corrected chi connectivity index (χ3v) is 5.05. The summed E-state index contributed by atoms with van der Waals surface area (Å²) in [5.74, 6) is 0.353. The van der Waals surface area contributed by atoms with Gasteiger partial charge >= 0.3 is 6.09 Å². The van der Waals surface area contributed by atoms with Gasteiger partial charge in [-0.1, -0.05) is 37.0 Å². The van der Waals surface area contributed by atoms with Crippen LogP contribution in [0.15, 0.2) is 29.2 Å². The van der Waals surface area contributed by atoms with Crippen molar-refractivity contribution in [3.8, 4) is 0 Å². The number of rotatable bonds is 4. The van der Waals surface area contributed by atoms with Gasteiger partial charge in [0.1, 0.15) is 0 Å². The quantitative estimate of drug-likeness (QED) is 0.927. The Morgan fingerprint density at radius 1 is 1.19 bits per heavy atom. The Bertz CT molecular complexity index is 574. The Morgan fingerprint density at radius 2 is 1.81 bits per heavy atom. The summed E-state index contributed by atoms with van der Waals surface area (Å²) >= 11 is 0. The van der Waals surface area contributed by atoms with E-state index in [0.717, 1.165) is 31.2 Å². The number of hydrogen-bond acceptors (Lipinski definition) is 4. The molecule has 0 aromatic heterocycles. The minimum Gasteiger partial charge on any atom is -0.449 e. The highest BCUT2D eigenvalue weighted by Gasteiger charge is 2.20. The summed E-state index contributed by atoms with van der Waals surface area (Å²) in [6.07, 6.45) is 4.70. The first-order chi connectivity index (χ1) is 9.97. The Balaban J connectivity index is 1.87. The SMILES string of the molecule is Cc1ccc(S(=O)(=O)NC(=O)OCC2CCCCC2)cc1. The van der Waals surface area contributed by atoms with Crippen molar-refractivity contribution in [1.29, 1.82) is 0 Å². The van der Waals surface area contributed by atoms with Gasteiger partial charge in [0.15, 0.2) is 0 Å². The van der Waals surface area contributed by atoms with Gasteiger partial charge in [-0.15, -0.1) is 0 Å². The molecule has 1 aromatic rings. The first kappa shape index (κ1) is 15.8. The van der Waals surface area contributed by atoms with Gasteiger partial charge in [-0.25, -0.2) is 17.9 Å². The lowest BCUT2D eigenvalue weighted by Crippen LogP contribution is -2.32. The van der Waals surface area contributed by atoms with Gasteiger partial charge in [0.25, 0.3) is 10.0 Å². The molecule has 21 heavy (non-hydrogen) atoms. The fourth-order valence-corrected chi connectivity index (χ4v) is 3.35. The largest absolute Gasteiger partial charge is 0.449 e. The molecule has 0 atom stereocenters. The number of hydrogen-bond donors (Lipinski definition) is 1. The van der Waals surface area contributed by atoms with Crippen molar-refractivity contribution in [3.05, 3.63) is 29.8 Å². The van der Waals surface area contributed by atoms with Crippen molar-refractivity contribution in [2.45, 2.75) is 43.9 Å². The number of carbonyl (C=O) groups excluding carboxylic acids is 1. The second kappa shape index (κ2) is 6.93. The molecule has 1 aliphatic rings. The molecule has 116 valence electrons. The number of amides is 1. The summed E-state index contributed by atoms with van der Waals surface area (Å²) in [5.41, 5.74) is 0.953. The molecule has 1 N–H and O–H groups in total. The van der Waals surface area contributed by atoms with Crippen LogP contribution in [0, 0.1) is 12.8 Å². The number of ether oxygens (including phenoxy) is 1. The van der Waals surface area contributed by atoms with E-state index in [9.17, 15) is 13.2 Å². The molecule has 2 rings (SSSR count).